The summed E-state index contributed by atoms with van der Waals surface area (Å²) in [5, 5.41) is 2.49. The Labute approximate surface area is 102 Å². The lowest BCUT2D eigenvalue weighted by Crippen LogP contribution is -2.09. The molecule has 0 aromatic carbocycles. The molecule has 0 aliphatic heterocycles. The molecule has 2 rings (SSSR count). The topological polar surface area (TPSA) is 60.2 Å². The molecule has 17 heavy (non-hydrogen) atoms. The Hall–Kier alpha value is -1.75. The van der Waals surface area contributed by atoms with Crippen LogP contribution in [0, 0.1) is 13.8 Å². The fourth-order valence-electron chi connectivity index (χ4n) is 1.50. The molecule has 88 valence electrons. The second kappa shape index (κ2) is 4.63. The number of thiazole rings is 1. The molecule has 0 saturated heterocycles. The number of hydrogen-bond acceptors (Lipinski definition) is 5. The van der Waals surface area contributed by atoms with E-state index in [2.05, 4.69) is 4.98 Å². The number of ketones is 2. The molecule has 0 fully saturated rings. The maximum Gasteiger partial charge on any atom is 0.189 e. The Morgan fingerprint density at radius 3 is 2.65 bits per heavy atom. The number of rotatable bonds is 4. The standard InChI is InChI=1S/C12H11NO3S/c1-7-9(3-4-16-7)11(14)5-12(15)10-6-17-8(2)13-10/h3-4,6H,5H2,1-2H3. The zero-order chi connectivity index (χ0) is 12.4. The van der Waals surface area contributed by atoms with Crippen molar-refractivity contribution in [2.75, 3.05) is 0 Å². The minimum absolute atomic E-state index is 0.163. The molecular weight excluding hydrogens is 238 g/mol. The van der Waals surface area contributed by atoms with Gasteiger partial charge in [0.25, 0.3) is 0 Å². The van der Waals surface area contributed by atoms with Gasteiger partial charge in [0.05, 0.1) is 23.3 Å². The lowest BCUT2D eigenvalue weighted by atomic mass is 10.1. The monoisotopic (exact) mass is 249 g/mol. The van der Waals surface area contributed by atoms with Gasteiger partial charge in [0, 0.05) is 5.38 Å². The molecule has 4 nitrogen and oxygen atoms in total. The molecule has 2 aromatic heterocycles. The molecular formula is C12H11NO3S. The van der Waals surface area contributed by atoms with Gasteiger partial charge >= 0.3 is 0 Å². The molecule has 0 amide bonds. The number of hydrogen-bond donors (Lipinski definition) is 0. The van der Waals surface area contributed by atoms with Crippen molar-refractivity contribution in [3.63, 3.8) is 0 Å². The maximum absolute atomic E-state index is 11.8. The Morgan fingerprint density at radius 1 is 1.35 bits per heavy atom. The fourth-order valence-corrected chi connectivity index (χ4v) is 2.11. The molecule has 0 aliphatic rings. The van der Waals surface area contributed by atoms with Crippen LogP contribution in [0.15, 0.2) is 22.1 Å². The van der Waals surface area contributed by atoms with Crippen LogP contribution >= 0.6 is 11.3 Å². The molecule has 2 aromatic rings. The number of aromatic nitrogens is 1. The number of furan rings is 1. The second-order valence-corrected chi connectivity index (χ2v) is 4.73. The van der Waals surface area contributed by atoms with E-state index in [0.29, 0.717) is 17.0 Å². The molecule has 0 aliphatic carbocycles. The van der Waals surface area contributed by atoms with Gasteiger partial charge in [0.15, 0.2) is 11.6 Å². The van der Waals surface area contributed by atoms with Crippen molar-refractivity contribution >= 4 is 22.9 Å². The van der Waals surface area contributed by atoms with E-state index in [0.717, 1.165) is 5.01 Å². The van der Waals surface area contributed by atoms with Gasteiger partial charge in [-0.1, -0.05) is 0 Å². The third kappa shape index (κ3) is 2.50. The van der Waals surface area contributed by atoms with Gasteiger partial charge in [-0.15, -0.1) is 11.3 Å². The van der Waals surface area contributed by atoms with Crippen molar-refractivity contribution in [3.05, 3.63) is 39.7 Å². The van der Waals surface area contributed by atoms with Crippen molar-refractivity contribution in [1.82, 2.24) is 4.98 Å². The zero-order valence-corrected chi connectivity index (χ0v) is 10.3. The van der Waals surface area contributed by atoms with Crippen LogP contribution < -0.4 is 0 Å². The highest BCUT2D eigenvalue weighted by atomic mass is 32.1. The average molecular weight is 249 g/mol. The number of nitrogens with zero attached hydrogens (tertiary/aromatic N) is 1. The fraction of sp³-hybridized carbons (Fsp3) is 0.250. The van der Waals surface area contributed by atoms with Crippen molar-refractivity contribution in [2.24, 2.45) is 0 Å². The summed E-state index contributed by atoms with van der Waals surface area (Å²) < 4.78 is 5.03. The summed E-state index contributed by atoms with van der Waals surface area (Å²) in [7, 11) is 0. The largest absolute Gasteiger partial charge is 0.469 e. The van der Waals surface area contributed by atoms with Gasteiger partial charge in [-0.3, -0.25) is 9.59 Å². The summed E-state index contributed by atoms with van der Waals surface area (Å²) in [6.07, 6.45) is 1.28. The first-order valence-corrected chi connectivity index (χ1v) is 5.98. The summed E-state index contributed by atoms with van der Waals surface area (Å²) in [4.78, 5) is 27.6. The third-order valence-corrected chi connectivity index (χ3v) is 3.16. The van der Waals surface area contributed by atoms with Crippen LogP contribution in [-0.4, -0.2) is 16.6 Å². The van der Waals surface area contributed by atoms with Crippen LogP contribution in [0.2, 0.25) is 0 Å². The van der Waals surface area contributed by atoms with Crippen LogP contribution in [-0.2, 0) is 0 Å². The molecule has 0 N–H and O–H groups in total. The lowest BCUT2D eigenvalue weighted by molar-refractivity contribution is 0.0891. The molecule has 0 spiro atoms. The van der Waals surface area contributed by atoms with Gasteiger partial charge in [-0.25, -0.2) is 4.98 Å². The van der Waals surface area contributed by atoms with E-state index in [1.807, 2.05) is 6.92 Å². The molecule has 0 unspecified atom stereocenters. The molecule has 5 heteroatoms. The Bertz CT molecular complexity index is 568. The number of aryl methyl sites for hydroxylation is 2. The first kappa shape index (κ1) is 11.7. The summed E-state index contributed by atoms with van der Waals surface area (Å²) in [5.41, 5.74) is 0.826. The van der Waals surface area contributed by atoms with Gasteiger partial charge in [0.2, 0.25) is 0 Å². The van der Waals surface area contributed by atoms with Gasteiger partial charge in [-0.2, -0.15) is 0 Å². The normalized spacial score (nSPS) is 10.5. The van der Waals surface area contributed by atoms with Crippen molar-refractivity contribution in [2.45, 2.75) is 20.3 Å². The lowest BCUT2D eigenvalue weighted by Gasteiger charge is -1.96. The van der Waals surface area contributed by atoms with E-state index in [9.17, 15) is 9.59 Å². The van der Waals surface area contributed by atoms with E-state index in [-0.39, 0.29) is 18.0 Å². The molecule has 0 saturated carbocycles. The number of carbonyl (C=O) groups is 2. The van der Waals surface area contributed by atoms with Crippen LogP contribution in [0.25, 0.3) is 0 Å². The van der Waals surface area contributed by atoms with Crippen molar-refractivity contribution in [3.8, 4) is 0 Å². The van der Waals surface area contributed by atoms with Crippen LogP contribution in [0.4, 0.5) is 0 Å². The van der Waals surface area contributed by atoms with Gasteiger partial charge in [-0.05, 0) is 19.9 Å². The minimum Gasteiger partial charge on any atom is -0.469 e. The Balaban J connectivity index is 2.10. The Morgan fingerprint density at radius 2 is 2.12 bits per heavy atom. The smallest absolute Gasteiger partial charge is 0.189 e. The zero-order valence-electron chi connectivity index (χ0n) is 9.52. The van der Waals surface area contributed by atoms with E-state index in [4.69, 9.17) is 4.42 Å². The van der Waals surface area contributed by atoms with E-state index >= 15 is 0 Å². The van der Waals surface area contributed by atoms with E-state index in [1.165, 1.54) is 17.6 Å². The first-order valence-electron chi connectivity index (χ1n) is 5.10. The van der Waals surface area contributed by atoms with Crippen molar-refractivity contribution in [1.29, 1.82) is 0 Å². The van der Waals surface area contributed by atoms with E-state index in [1.54, 1.807) is 18.4 Å². The predicted octanol–water partition coefficient (Wildman–Crippen LogP) is 2.81. The summed E-state index contributed by atoms with van der Waals surface area (Å²) in [5.74, 6) is 0.0594. The van der Waals surface area contributed by atoms with Crippen molar-refractivity contribution < 1.29 is 14.0 Å². The average Bonchev–Trinajstić information content (AvgIpc) is 2.86. The van der Waals surface area contributed by atoms with Gasteiger partial charge in [0.1, 0.15) is 11.5 Å². The van der Waals surface area contributed by atoms with Crippen LogP contribution in [0.5, 0.6) is 0 Å². The SMILES string of the molecule is Cc1nc(C(=O)CC(=O)c2ccoc2C)cs1. The number of carbonyl (C=O) groups excluding carboxylic acids is 2. The molecule has 2 heterocycles. The summed E-state index contributed by atoms with van der Waals surface area (Å²) in [6, 6.07) is 1.58. The Kier molecular flexibility index (Phi) is 3.19. The predicted molar refractivity (Wildman–Crippen MR) is 63.6 cm³/mol. The molecule has 0 atom stereocenters. The number of Topliss-reactive ketones (excluding diaryl/α,β-unsaturated/α-hetero) is 2. The van der Waals surface area contributed by atoms with Gasteiger partial charge < -0.3 is 4.42 Å². The summed E-state index contributed by atoms with van der Waals surface area (Å²) >= 11 is 1.40. The summed E-state index contributed by atoms with van der Waals surface area (Å²) in [6.45, 7) is 3.52. The quantitative estimate of drug-likeness (QED) is 0.617. The molecule has 0 radical (unpaired) electrons. The van der Waals surface area contributed by atoms with Crippen LogP contribution in [0.1, 0.15) is 38.0 Å². The first-order chi connectivity index (χ1) is 8.08. The van der Waals surface area contributed by atoms with Crippen LogP contribution in [0.3, 0.4) is 0 Å². The minimum atomic E-state index is -0.250. The highest BCUT2D eigenvalue weighted by Gasteiger charge is 2.18. The highest BCUT2D eigenvalue weighted by Crippen LogP contribution is 2.15. The maximum atomic E-state index is 11.8. The van der Waals surface area contributed by atoms with E-state index < -0.39 is 0 Å². The third-order valence-electron chi connectivity index (χ3n) is 2.39. The second-order valence-electron chi connectivity index (χ2n) is 3.67. The molecule has 0 bridgehead atoms. The highest BCUT2D eigenvalue weighted by molar-refractivity contribution is 7.09.